The Hall–Kier alpha value is -1.16. The van der Waals surface area contributed by atoms with Crippen molar-refractivity contribution < 1.29 is 0 Å². The Morgan fingerprint density at radius 2 is 2.44 bits per heavy atom. The molecule has 1 aromatic heterocycles. The molecule has 4 heteroatoms. The van der Waals surface area contributed by atoms with Crippen LogP contribution in [0.3, 0.4) is 0 Å². The Bertz CT molecular complexity index is 340. The zero-order valence-corrected chi connectivity index (χ0v) is 10.1. The summed E-state index contributed by atoms with van der Waals surface area (Å²) in [6.45, 7) is 5.36. The third-order valence-electron chi connectivity index (χ3n) is 3.07. The summed E-state index contributed by atoms with van der Waals surface area (Å²) in [7, 11) is 2.20. The Labute approximate surface area is 97.1 Å². The van der Waals surface area contributed by atoms with E-state index < -0.39 is 0 Å². The Morgan fingerprint density at radius 3 is 3.19 bits per heavy atom. The standard InChI is InChI=1S/C12H20N4/c1-10-13-6-5-12(15-10)14-8-11-4-3-7-16(2)9-11/h5-6,11H,3-4,7-9H2,1-2H3,(H,13,14,15). The first-order chi connectivity index (χ1) is 7.74. The molecule has 16 heavy (non-hydrogen) atoms. The maximum atomic E-state index is 4.34. The zero-order chi connectivity index (χ0) is 11.4. The van der Waals surface area contributed by atoms with E-state index in [1.54, 1.807) is 6.20 Å². The lowest BCUT2D eigenvalue weighted by atomic mass is 9.98. The van der Waals surface area contributed by atoms with Crippen molar-refractivity contribution in [1.29, 1.82) is 0 Å². The van der Waals surface area contributed by atoms with E-state index in [9.17, 15) is 0 Å². The van der Waals surface area contributed by atoms with Gasteiger partial charge in [0.1, 0.15) is 11.6 Å². The number of hydrogen-bond donors (Lipinski definition) is 1. The lowest BCUT2D eigenvalue weighted by molar-refractivity contribution is 0.217. The summed E-state index contributed by atoms with van der Waals surface area (Å²) in [5.41, 5.74) is 0. The van der Waals surface area contributed by atoms with Crippen molar-refractivity contribution in [3.8, 4) is 0 Å². The van der Waals surface area contributed by atoms with Gasteiger partial charge < -0.3 is 10.2 Å². The molecule has 1 N–H and O–H groups in total. The average molecular weight is 220 g/mol. The Balaban J connectivity index is 1.82. The van der Waals surface area contributed by atoms with E-state index in [1.807, 2.05) is 13.0 Å². The molecule has 1 aliphatic heterocycles. The van der Waals surface area contributed by atoms with Crippen LogP contribution in [0, 0.1) is 12.8 Å². The molecule has 4 nitrogen and oxygen atoms in total. The largest absolute Gasteiger partial charge is 0.370 e. The van der Waals surface area contributed by atoms with Gasteiger partial charge in [-0.25, -0.2) is 9.97 Å². The average Bonchev–Trinajstić information content (AvgIpc) is 2.27. The molecule has 1 aliphatic rings. The fraction of sp³-hybridized carbons (Fsp3) is 0.667. The molecule has 1 aromatic rings. The van der Waals surface area contributed by atoms with Gasteiger partial charge in [-0.3, -0.25) is 0 Å². The van der Waals surface area contributed by atoms with Gasteiger partial charge in [0.2, 0.25) is 0 Å². The molecule has 0 radical (unpaired) electrons. The highest BCUT2D eigenvalue weighted by Gasteiger charge is 2.16. The SMILES string of the molecule is Cc1nccc(NCC2CCCN(C)C2)n1. The number of anilines is 1. The molecule has 1 unspecified atom stereocenters. The molecule has 1 atom stereocenters. The second kappa shape index (κ2) is 5.25. The second-order valence-electron chi connectivity index (χ2n) is 4.64. The number of aryl methyl sites for hydroxylation is 1. The predicted molar refractivity (Wildman–Crippen MR) is 65.5 cm³/mol. The van der Waals surface area contributed by atoms with E-state index in [4.69, 9.17) is 0 Å². The molecule has 1 saturated heterocycles. The van der Waals surface area contributed by atoms with E-state index >= 15 is 0 Å². The van der Waals surface area contributed by atoms with Gasteiger partial charge in [0.25, 0.3) is 0 Å². The minimum atomic E-state index is 0.744. The van der Waals surface area contributed by atoms with E-state index in [2.05, 4.69) is 27.2 Å². The fourth-order valence-corrected chi connectivity index (χ4v) is 2.24. The van der Waals surface area contributed by atoms with Gasteiger partial charge in [-0.2, -0.15) is 0 Å². The van der Waals surface area contributed by atoms with Crippen molar-refractivity contribution in [3.63, 3.8) is 0 Å². The number of nitrogens with one attached hydrogen (secondary N) is 1. The molecule has 0 amide bonds. The van der Waals surface area contributed by atoms with Gasteiger partial charge in [0, 0.05) is 19.3 Å². The van der Waals surface area contributed by atoms with E-state index in [1.165, 1.54) is 25.9 Å². The van der Waals surface area contributed by atoms with Crippen LogP contribution in [0.2, 0.25) is 0 Å². The minimum Gasteiger partial charge on any atom is -0.370 e. The van der Waals surface area contributed by atoms with Gasteiger partial charge in [0.15, 0.2) is 0 Å². The molecule has 0 aliphatic carbocycles. The fourth-order valence-electron chi connectivity index (χ4n) is 2.24. The van der Waals surface area contributed by atoms with Crippen molar-refractivity contribution in [3.05, 3.63) is 18.1 Å². The van der Waals surface area contributed by atoms with Gasteiger partial charge in [-0.05, 0) is 45.3 Å². The van der Waals surface area contributed by atoms with Crippen LogP contribution in [-0.4, -0.2) is 41.5 Å². The second-order valence-corrected chi connectivity index (χ2v) is 4.64. The van der Waals surface area contributed by atoms with Crippen molar-refractivity contribution in [2.24, 2.45) is 5.92 Å². The lowest BCUT2D eigenvalue weighted by Crippen LogP contribution is -2.35. The highest BCUT2D eigenvalue weighted by Crippen LogP contribution is 2.15. The molecule has 1 fully saturated rings. The van der Waals surface area contributed by atoms with Gasteiger partial charge >= 0.3 is 0 Å². The maximum Gasteiger partial charge on any atom is 0.129 e. The van der Waals surface area contributed by atoms with Crippen LogP contribution >= 0.6 is 0 Å². The third kappa shape index (κ3) is 3.17. The molecular formula is C12H20N4. The first-order valence-electron chi connectivity index (χ1n) is 5.96. The number of aromatic nitrogens is 2. The van der Waals surface area contributed by atoms with Crippen LogP contribution in [0.5, 0.6) is 0 Å². The van der Waals surface area contributed by atoms with Crippen LogP contribution in [-0.2, 0) is 0 Å². The number of hydrogen-bond acceptors (Lipinski definition) is 4. The number of likely N-dealkylation sites (tertiary alicyclic amines) is 1. The first kappa shape index (κ1) is 11.3. The summed E-state index contributed by atoms with van der Waals surface area (Å²) < 4.78 is 0. The quantitative estimate of drug-likeness (QED) is 0.839. The lowest BCUT2D eigenvalue weighted by Gasteiger charge is -2.29. The number of piperidine rings is 1. The zero-order valence-electron chi connectivity index (χ0n) is 10.1. The smallest absolute Gasteiger partial charge is 0.129 e. The summed E-state index contributed by atoms with van der Waals surface area (Å²) >= 11 is 0. The van der Waals surface area contributed by atoms with Crippen molar-refractivity contribution in [1.82, 2.24) is 14.9 Å². The van der Waals surface area contributed by atoms with Crippen LogP contribution < -0.4 is 5.32 Å². The van der Waals surface area contributed by atoms with E-state index in [-0.39, 0.29) is 0 Å². The highest BCUT2D eigenvalue weighted by atomic mass is 15.1. The van der Waals surface area contributed by atoms with Crippen LogP contribution in [0.1, 0.15) is 18.7 Å². The normalized spacial score (nSPS) is 22.0. The number of rotatable bonds is 3. The van der Waals surface area contributed by atoms with Gasteiger partial charge in [-0.15, -0.1) is 0 Å². The highest BCUT2D eigenvalue weighted by molar-refractivity contribution is 5.32. The Kier molecular flexibility index (Phi) is 3.72. The van der Waals surface area contributed by atoms with Crippen molar-refractivity contribution in [2.45, 2.75) is 19.8 Å². The molecule has 0 saturated carbocycles. The van der Waals surface area contributed by atoms with Crippen LogP contribution in [0.4, 0.5) is 5.82 Å². The van der Waals surface area contributed by atoms with Gasteiger partial charge in [-0.1, -0.05) is 0 Å². The van der Waals surface area contributed by atoms with Crippen LogP contribution in [0.25, 0.3) is 0 Å². The molecule has 2 heterocycles. The maximum absolute atomic E-state index is 4.34. The monoisotopic (exact) mass is 220 g/mol. The van der Waals surface area contributed by atoms with Crippen LogP contribution in [0.15, 0.2) is 12.3 Å². The Morgan fingerprint density at radius 1 is 1.56 bits per heavy atom. The minimum absolute atomic E-state index is 0.744. The molecule has 2 rings (SSSR count). The topological polar surface area (TPSA) is 41.1 Å². The van der Waals surface area contributed by atoms with Crippen molar-refractivity contribution in [2.75, 3.05) is 32.0 Å². The molecule has 0 spiro atoms. The first-order valence-corrected chi connectivity index (χ1v) is 5.96. The third-order valence-corrected chi connectivity index (χ3v) is 3.07. The summed E-state index contributed by atoms with van der Waals surface area (Å²) in [5, 5.41) is 3.40. The van der Waals surface area contributed by atoms with E-state index in [0.717, 1.165) is 24.1 Å². The molecule has 0 bridgehead atoms. The van der Waals surface area contributed by atoms with E-state index in [0.29, 0.717) is 0 Å². The molecule has 0 aromatic carbocycles. The summed E-state index contributed by atoms with van der Waals surface area (Å²) in [5.74, 6) is 2.51. The van der Waals surface area contributed by atoms with Crippen molar-refractivity contribution >= 4 is 5.82 Å². The summed E-state index contributed by atoms with van der Waals surface area (Å²) in [4.78, 5) is 10.8. The molecule has 88 valence electrons. The molecular weight excluding hydrogens is 200 g/mol. The predicted octanol–water partition coefficient (Wildman–Crippen LogP) is 1.54. The summed E-state index contributed by atoms with van der Waals surface area (Å²) in [6.07, 6.45) is 4.44. The number of nitrogens with zero attached hydrogens (tertiary/aromatic N) is 3. The van der Waals surface area contributed by atoms with Gasteiger partial charge in [0.05, 0.1) is 0 Å². The summed E-state index contributed by atoms with van der Waals surface area (Å²) in [6, 6.07) is 1.93.